The van der Waals surface area contributed by atoms with Crippen LogP contribution in [0.2, 0.25) is 0 Å². The molecular formula is C50H58N2O12. The minimum atomic E-state index is -1.52. The number of amides is 2. The fourth-order valence-corrected chi connectivity index (χ4v) is 7.28. The van der Waals surface area contributed by atoms with Crippen molar-refractivity contribution in [2.75, 3.05) is 26.7 Å². The van der Waals surface area contributed by atoms with E-state index in [1.165, 1.54) is 0 Å². The molecule has 14 nitrogen and oxygen atoms in total. The molecule has 0 radical (unpaired) electrons. The number of esters is 4. The van der Waals surface area contributed by atoms with E-state index >= 15 is 9.59 Å². The molecule has 0 saturated heterocycles. The molecule has 2 amide bonds. The largest absolute Gasteiger partial charge is 0.457 e. The second kappa shape index (κ2) is 23.7. The first kappa shape index (κ1) is 48.3. The maximum absolute atomic E-state index is 15.0. The van der Waals surface area contributed by atoms with E-state index in [2.05, 4.69) is 0 Å². The van der Waals surface area contributed by atoms with Crippen molar-refractivity contribution in [2.24, 2.45) is 35.5 Å². The van der Waals surface area contributed by atoms with Crippen molar-refractivity contribution in [1.29, 1.82) is 0 Å². The number of hydrogen-bond acceptors (Lipinski definition) is 12. The molecule has 4 aromatic rings. The predicted molar refractivity (Wildman–Crippen MR) is 235 cm³/mol. The Balaban J connectivity index is 1.47. The summed E-state index contributed by atoms with van der Waals surface area (Å²) < 4.78 is 33.0. The van der Waals surface area contributed by atoms with Crippen LogP contribution in [0.25, 0.3) is 0 Å². The number of hydrogen-bond donors (Lipinski definition) is 0. The van der Waals surface area contributed by atoms with E-state index in [4.69, 9.17) is 28.4 Å². The summed E-state index contributed by atoms with van der Waals surface area (Å²) in [4.78, 5) is 85.8. The second-order valence-corrected chi connectivity index (χ2v) is 16.1. The molecule has 1 aliphatic carbocycles. The number of carbonyl (C=O) groups is 6. The summed E-state index contributed by atoms with van der Waals surface area (Å²) in [7, 11) is 0. The standard InChI is InChI=1S/C50H58N2O12/c1-7-27-51(29-35-19-23-39(24-20-35)63-37-15-11-9-12-16-37)45(53)41-42(46(54)52(28-8-2)30-36-21-25-40(26-22-36)64-38-17-13-10-14-18-38)44(50(58)62-32-60-48(56)34(5)6)43(41)49(57)61-31-59-47(55)33(3)4/h9-26,33-34,41-44H,7-8,27-32H2,1-6H3. The molecule has 1 saturated carbocycles. The first-order chi connectivity index (χ1) is 30.8. The van der Waals surface area contributed by atoms with Crippen LogP contribution in [0.1, 0.15) is 65.5 Å². The maximum atomic E-state index is 15.0. The second-order valence-electron chi connectivity index (χ2n) is 16.1. The van der Waals surface area contributed by atoms with Gasteiger partial charge in [0.05, 0.1) is 35.5 Å². The zero-order valence-corrected chi connectivity index (χ0v) is 37.3. The number of rotatable bonds is 22. The van der Waals surface area contributed by atoms with Crippen LogP contribution < -0.4 is 9.47 Å². The summed E-state index contributed by atoms with van der Waals surface area (Å²) in [5.74, 6) is -8.79. The molecular weight excluding hydrogens is 821 g/mol. The van der Waals surface area contributed by atoms with Crippen LogP contribution >= 0.6 is 0 Å². The van der Waals surface area contributed by atoms with Crippen molar-refractivity contribution in [1.82, 2.24) is 9.80 Å². The van der Waals surface area contributed by atoms with Gasteiger partial charge in [-0.15, -0.1) is 0 Å². The summed E-state index contributed by atoms with van der Waals surface area (Å²) in [6.07, 6.45) is 1.07. The molecule has 0 bridgehead atoms. The van der Waals surface area contributed by atoms with Crippen LogP contribution in [0.4, 0.5) is 0 Å². The van der Waals surface area contributed by atoms with E-state index in [-0.39, 0.29) is 26.2 Å². The molecule has 340 valence electrons. The van der Waals surface area contributed by atoms with Crippen LogP contribution in [0.5, 0.6) is 23.0 Å². The van der Waals surface area contributed by atoms with E-state index in [9.17, 15) is 19.2 Å². The van der Waals surface area contributed by atoms with Gasteiger partial charge in [0, 0.05) is 26.2 Å². The lowest BCUT2D eigenvalue weighted by molar-refractivity contribution is -0.203. The van der Waals surface area contributed by atoms with E-state index in [1.54, 1.807) is 61.8 Å². The fraction of sp³-hybridized carbons (Fsp3) is 0.400. The van der Waals surface area contributed by atoms with Crippen molar-refractivity contribution >= 4 is 35.7 Å². The Hall–Kier alpha value is -6.70. The molecule has 0 N–H and O–H groups in total. The first-order valence-corrected chi connectivity index (χ1v) is 21.7. The Morgan fingerprint density at radius 3 is 1.09 bits per heavy atom. The average molecular weight is 879 g/mol. The lowest BCUT2D eigenvalue weighted by atomic mass is 9.55. The zero-order valence-electron chi connectivity index (χ0n) is 37.3. The Morgan fingerprint density at radius 1 is 0.453 bits per heavy atom. The summed E-state index contributed by atoms with van der Waals surface area (Å²) in [6.45, 7) is 9.41. The highest BCUT2D eigenvalue weighted by molar-refractivity contribution is 6.00. The number of carbonyl (C=O) groups excluding carboxylic acids is 6. The third kappa shape index (κ3) is 13.2. The van der Waals surface area contributed by atoms with E-state index in [0.717, 1.165) is 11.1 Å². The van der Waals surface area contributed by atoms with Gasteiger partial charge in [0.25, 0.3) is 0 Å². The SMILES string of the molecule is CCCN(Cc1ccc(Oc2ccccc2)cc1)C(=O)C1C(C(=O)OCOC(=O)C(C)C)C(C(=O)OCOC(=O)C(C)C)C1C(=O)N(CCC)Cc1ccc(Oc2ccccc2)cc1. The molecule has 5 rings (SSSR count). The van der Waals surface area contributed by atoms with Gasteiger partial charge in [-0.05, 0) is 72.5 Å². The molecule has 14 heteroatoms. The van der Waals surface area contributed by atoms with Crippen molar-refractivity contribution in [2.45, 2.75) is 67.5 Å². The van der Waals surface area contributed by atoms with E-state index in [1.807, 2.05) is 98.8 Å². The Bertz CT molecular complexity index is 2010. The van der Waals surface area contributed by atoms with Gasteiger partial charge >= 0.3 is 23.9 Å². The molecule has 4 aromatic carbocycles. The minimum Gasteiger partial charge on any atom is -0.457 e. The first-order valence-electron chi connectivity index (χ1n) is 21.7. The van der Waals surface area contributed by atoms with Crippen molar-refractivity contribution in [3.8, 4) is 23.0 Å². The van der Waals surface area contributed by atoms with Crippen LogP contribution in [0.15, 0.2) is 109 Å². The third-order valence-electron chi connectivity index (χ3n) is 10.6. The van der Waals surface area contributed by atoms with Gasteiger partial charge < -0.3 is 38.2 Å². The summed E-state index contributed by atoms with van der Waals surface area (Å²) in [5.41, 5.74) is 1.50. The fourth-order valence-electron chi connectivity index (χ4n) is 7.28. The molecule has 64 heavy (non-hydrogen) atoms. The molecule has 4 unspecified atom stereocenters. The number of para-hydroxylation sites is 2. The smallest absolute Gasteiger partial charge is 0.313 e. The summed E-state index contributed by atoms with van der Waals surface area (Å²) >= 11 is 0. The van der Waals surface area contributed by atoms with Crippen LogP contribution in [0.3, 0.4) is 0 Å². The molecule has 0 aromatic heterocycles. The molecule has 0 aliphatic heterocycles. The monoisotopic (exact) mass is 878 g/mol. The van der Waals surface area contributed by atoms with Gasteiger partial charge in [-0.3, -0.25) is 28.8 Å². The highest BCUT2D eigenvalue weighted by Crippen LogP contribution is 2.50. The van der Waals surface area contributed by atoms with Gasteiger partial charge in [-0.1, -0.05) is 102 Å². The Morgan fingerprint density at radius 2 is 0.781 bits per heavy atom. The van der Waals surface area contributed by atoms with Gasteiger partial charge in [0.1, 0.15) is 23.0 Å². The van der Waals surface area contributed by atoms with Gasteiger partial charge in [0.2, 0.25) is 25.4 Å². The lowest BCUT2D eigenvalue weighted by Crippen LogP contribution is -2.64. The van der Waals surface area contributed by atoms with Crippen LogP contribution in [-0.4, -0.2) is 72.2 Å². The number of ether oxygens (including phenoxy) is 6. The molecule has 1 fully saturated rings. The predicted octanol–water partition coefficient (Wildman–Crippen LogP) is 8.33. The Kier molecular flexibility index (Phi) is 17.9. The van der Waals surface area contributed by atoms with Crippen LogP contribution in [-0.2, 0) is 60.8 Å². The molecule has 4 atom stereocenters. The number of nitrogens with zero attached hydrogens (tertiary/aromatic N) is 2. The van der Waals surface area contributed by atoms with Crippen molar-refractivity contribution in [3.05, 3.63) is 120 Å². The number of benzene rings is 4. The van der Waals surface area contributed by atoms with Gasteiger partial charge in [0.15, 0.2) is 0 Å². The van der Waals surface area contributed by atoms with E-state index < -0.39 is 84.8 Å². The maximum Gasteiger partial charge on any atom is 0.313 e. The van der Waals surface area contributed by atoms with Gasteiger partial charge in [-0.2, -0.15) is 0 Å². The van der Waals surface area contributed by atoms with Gasteiger partial charge in [-0.25, -0.2) is 0 Å². The Labute approximate surface area is 374 Å². The highest BCUT2D eigenvalue weighted by Gasteiger charge is 2.65. The van der Waals surface area contributed by atoms with Crippen molar-refractivity contribution in [3.63, 3.8) is 0 Å². The molecule has 0 heterocycles. The highest BCUT2D eigenvalue weighted by atomic mass is 16.7. The normalized spacial score (nSPS) is 16.5. The van der Waals surface area contributed by atoms with E-state index in [0.29, 0.717) is 35.8 Å². The molecule has 0 spiro atoms. The topological polar surface area (TPSA) is 164 Å². The quantitative estimate of drug-likeness (QED) is 0.0549. The average Bonchev–Trinajstić information content (AvgIpc) is 3.27. The molecule has 1 aliphatic rings. The zero-order chi connectivity index (χ0) is 46.2. The summed E-state index contributed by atoms with van der Waals surface area (Å²) in [5, 5.41) is 0. The minimum absolute atomic E-state index is 0.111. The summed E-state index contributed by atoms with van der Waals surface area (Å²) in [6, 6.07) is 33.0. The lowest BCUT2D eigenvalue weighted by Gasteiger charge is -2.49. The third-order valence-corrected chi connectivity index (χ3v) is 10.6. The van der Waals surface area contributed by atoms with Crippen LogP contribution in [0, 0.1) is 35.5 Å². The van der Waals surface area contributed by atoms with Crippen molar-refractivity contribution < 1.29 is 57.2 Å².